The van der Waals surface area contributed by atoms with Crippen LogP contribution < -0.4 is 11.1 Å². The van der Waals surface area contributed by atoms with Gasteiger partial charge in [0.15, 0.2) is 0 Å². The summed E-state index contributed by atoms with van der Waals surface area (Å²) < 4.78 is 5.50. The van der Waals surface area contributed by atoms with Gasteiger partial charge in [0.05, 0.1) is 18.6 Å². The van der Waals surface area contributed by atoms with E-state index in [0.29, 0.717) is 12.1 Å². The number of carbonyl (C=O) groups is 1. The summed E-state index contributed by atoms with van der Waals surface area (Å²) >= 11 is 1.75. The van der Waals surface area contributed by atoms with E-state index < -0.39 is 0 Å². The molecule has 3 N–H and O–H groups in total. The zero-order valence-electron chi connectivity index (χ0n) is 16.7. The number of hydrogen-bond donors (Lipinski definition) is 2. The maximum absolute atomic E-state index is 11.8. The Balaban J connectivity index is 1.31. The number of primary amides is 1. The lowest BCUT2D eigenvalue weighted by molar-refractivity contribution is -0.122. The molecule has 3 heterocycles. The second kappa shape index (κ2) is 8.16. The van der Waals surface area contributed by atoms with Crippen molar-refractivity contribution in [3.05, 3.63) is 16.8 Å². The van der Waals surface area contributed by atoms with E-state index in [1.807, 2.05) is 0 Å². The summed E-state index contributed by atoms with van der Waals surface area (Å²) in [6.45, 7) is 3.87. The van der Waals surface area contributed by atoms with Gasteiger partial charge in [-0.15, -0.1) is 11.3 Å². The second-order valence-corrected chi connectivity index (χ2v) is 9.63. The molecule has 156 valence electrons. The average Bonchev–Trinajstić information content (AvgIpc) is 3.13. The number of ether oxygens (including phenoxy) is 1. The molecule has 5 rings (SSSR count). The molecule has 0 radical (unpaired) electrons. The fourth-order valence-corrected chi connectivity index (χ4v) is 6.37. The van der Waals surface area contributed by atoms with E-state index in [-0.39, 0.29) is 11.8 Å². The van der Waals surface area contributed by atoms with Crippen molar-refractivity contribution < 1.29 is 9.53 Å². The summed E-state index contributed by atoms with van der Waals surface area (Å²) in [6.07, 6.45) is 8.89. The first-order valence-electron chi connectivity index (χ1n) is 10.8. The zero-order chi connectivity index (χ0) is 19.8. The van der Waals surface area contributed by atoms with E-state index in [1.54, 1.807) is 17.7 Å². The standard InChI is InChI=1S/C21H29N5O2S/c22-19(27)13-1-6-17-16(11-13)18-20(23-12-24-21(18)29-17)25-14-2-4-15(5-3-14)26-7-9-28-10-8-26/h12-15H,1-11H2,(H2,22,27)(H,23,24,25). The molecule has 0 bridgehead atoms. The number of hydrogen-bond acceptors (Lipinski definition) is 7. The lowest BCUT2D eigenvalue weighted by Gasteiger charge is -2.39. The molecule has 3 aliphatic rings. The summed E-state index contributed by atoms with van der Waals surface area (Å²) in [7, 11) is 0. The Labute approximate surface area is 175 Å². The number of nitrogens with one attached hydrogen (secondary N) is 1. The van der Waals surface area contributed by atoms with Crippen LogP contribution >= 0.6 is 11.3 Å². The second-order valence-electron chi connectivity index (χ2n) is 8.55. The van der Waals surface area contributed by atoms with Gasteiger partial charge in [0.25, 0.3) is 0 Å². The van der Waals surface area contributed by atoms with Crippen LogP contribution in [0.25, 0.3) is 10.2 Å². The van der Waals surface area contributed by atoms with Crippen LogP contribution in [0.15, 0.2) is 6.33 Å². The minimum Gasteiger partial charge on any atom is -0.379 e. The van der Waals surface area contributed by atoms with E-state index >= 15 is 0 Å². The van der Waals surface area contributed by atoms with Crippen LogP contribution in [0.2, 0.25) is 0 Å². The van der Waals surface area contributed by atoms with Crippen molar-refractivity contribution in [3.63, 3.8) is 0 Å². The molecule has 7 nitrogen and oxygen atoms in total. The highest BCUT2D eigenvalue weighted by Gasteiger charge is 2.30. The van der Waals surface area contributed by atoms with E-state index in [1.165, 1.54) is 23.3 Å². The third kappa shape index (κ3) is 3.85. The Kier molecular flexibility index (Phi) is 5.41. The lowest BCUT2D eigenvalue weighted by Crippen LogP contribution is -2.46. The largest absolute Gasteiger partial charge is 0.379 e. The number of aromatic nitrogens is 2. The Morgan fingerprint density at radius 1 is 1.17 bits per heavy atom. The number of rotatable bonds is 4. The van der Waals surface area contributed by atoms with Crippen LogP contribution in [0.4, 0.5) is 5.82 Å². The first-order valence-corrected chi connectivity index (χ1v) is 11.6. The topological polar surface area (TPSA) is 93.4 Å². The predicted molar refractivity (Wildman–Crippen MR) is 114 cm³/mol. The molecule has 0 spiro atoms. The smallest absolute Gasteiger partial charge is 0.220 e. The van der Waals surface area contributed by atoms with Gasteiger partial charge in [0, 0.05) is 36.0 Å². The summed E-state index contributed by atoms with van der Waals surface area (Å²) in [4.78, 5) is 25.8. The highest BCUT2D eigenvalue weighted by molar-refractivity contribution is 7.19. The van der Waals surface area contributed by atoms with Gasteiger partial charge < -0.3 is 15.8 Å². The van der Waals surface area contributed by atoms with Gasteiger partial charge in [-0.1, -0.05) is 0 Å². The minimum absolute atomic E-state index is 0.0719. The van der Waals surface area contributed by atoms with E-state index in [0.717, 1.165) is 74.4 Å². The quantitative estimate of drug-likeness (QED) is 0.796. The predicted octanol–water partition coefficient (Wildman–Crippen LogP) is 2.34. The first-order chi connectivity index (χ1) is 14.2. The molecule has 29 heavy (non-hydrogen) atoms. The summed E-state index contributed by atoms with van der Waals surface area (Å²) in [5, 5.41) is 4.84. The molecule has 0 aromatic carbocycles. The Hall–Kier alpha value is -1.77. The normalized spacial score (nSPS) is 28.2. The van der Waals surface area contributed by atoms with Crippen LogP contribution in [0, 0.1) is 5.92 Å². The SMILES string of the molecule is NC(=O)C1CCc2sc3ncnc(NC4CCC(N5CCOCC5)CC4)c3c2C1. The fraction of sp³-hybridized carbons (Fsp3) is 0.667. The maximum Gasteiger partial charge on any atom is 0.220 e. The maximum atomic E-state index is 11.8. The highest BCUT2D eigenvalue weighted by Crippen LogP contribution is 2.40. The monoisotopic (exact) mass is 415 g/mol. The van der Waals surface area contributed by atoms with Crippen molar-refractivity contribution in [2.45, 2.75) is 57.0 Å². The minimum atomic E-state index is -0.192. The number of nitrogens with two attached hydrogens (primary N) is 1. The Bertz CT molecular complexity index is 887. The zero-order valence-corrected chi connectivity index (χ0v) is 17.5. The molecule has 8 heteroatoms. The van der Waals surface area contributed by atoms with Gasteiger partial charge >= 0.3 is 0 Å². The van der Waals surface area contributed by atoms with Crippen LogP contribution in [0.1, 0.15) is 42.5 Å². The van der Waals surface area contributed by atoms with E-state index in [9.17, 15) is 4.79 Å². The number of morpholine rings is 1. The number of nitrogens with zero attached hydrogens (tertiary/aromatic N) is 3. The molecule has 1 unspecified atom stereocenters. The third-order valence-corrected chi connectivity index (χ3v) is 8.04. The molecule has 1 atom stereocenters. The number of aryl methyl sites for hydroxylation is 1. The van der Waals surface area contributed by atoms with Crippen molar-refractivity contribution in [2.75, 3.05) is 31.6 Å². The third-order valence-electron chi connectivity index (χ3n) is 6.84. The molecule has 2 fully saturated rings. The van der Waals surface area contributed by atoms with Crippen LogP contribution in [0.5, 0.6) is 0 Å². The Morgan fingerprint density at radius 2 is 1.97 bits per heavy atom. The van der Waals surface area contributed by atoms with Crippen LogP contribution in [-0.2, 0) is 22.4 Å². The molecule has 2 aromatic heterocycles. The molecule has 1 saturated heterocycles. The van der Waals surface area contributed by atoms with Crippen LogP contribution in [-0.4, -0.2) is 59.2 Å². The molecule has 1 amide bonds. The molecule has 2 aliphatic carbocycles. The van der Waals surface area contributed by atoms with Gasteiger partial charge in [-0.2, -0.15) is 0 Å². The molecule has 1 aliphatic heterocycles. The molecule has 2 aromatic rings. The summed E-state index contributed by atoms with van der Waals surface area (Å²) in [6, 6.07) is 1.13. The fourth-order valence-electron chi connectivity index (χ4n) is 5.18. The van der Waals surface area contributed by atoms with Gasteiger partial charge in [0.1, 0.15) is 17.0 Å². The Morgan fingerprint density at radius 3 is 2.72 bits per heavy atom. The number of amides is 1. The van der Waals surface area contributed by atoms with E-state index in [4.69, 9.17) is 10.5 Å². The lowest BCUT2D eigenvalue weighted by atomic mass is 9.86. The molecular formula is C21H29N5O2S. The van der Waals surface area contributed by atoms with Crippen molar-refractivity contribution >= 4 is 33.3 Å². The molecule has 1 saturated carbocycles. The number of anilines is 1. The average molecular weight is 416 g/mol. The van der Waals surface area contributed by atoms with Crippen molar-refractivity contribution in [2.24, 2.45) is 11.7 Å². The van der Waals surface area contributed by atoms with Gasteiger partial charge in [-0.05, 0) is 50.5 Å². The van der Waals surface area contributed by atoms with Gasteiger partial charge in [-0.25, -0.2) is 9.97 Å². The van der Waals surface area contributed by atoms with Gasteiger partial charge in [-0.3, -0.25) is 9.69 Å². The molecular weight excluding hydrogens is 386 g/mol. The van der Waals surface area contributed by atoms with Crippen molar-refractivity contribution in [1.29, 1.82) is 0 Å². The van der Waals surface area contributed by atoms with Crippen molar-refractivity contribution in [3.8, 4) is 0 Å². The number of carbonyl (C=O) groups excluding carboxylic acids is 1. The number of fused-ring (bicyclic) bond motifs is 3. The van der Waals surface area contributed by atoms with Crippen LogP contribution in [0.3, 0.4) is 0 Å². The summed E-state index contributed by atoms with van der Waals surface area (Å²) in [5.41, 5.74) is 6.85. The number of thiophene rings is 1. The highest BCUT2D eigenvalue weighted by atomic mass is 32.1. The van der Waals surface area contributed by atoms with Crippen molar-refractivity contribution in [1.82, 2.24) is 14.9 Å². The van der Waals surface area contributed by atoms with E-state index in [2.05, 4.69) is 20.2 Å². The first kappa shape index (κ1) is 19.2. The summed E-state index contributed by atoms with van der Waals surface area (Å²) in [5.74, 6) is 0.674. The van der Waals surface area contributed by atoms with Gasteiger partial charge in [0.2, 0.25) is 5.91 Å².